The van der Waals surface area contributed by atoms with Crippen molar-refractivity contribution in [1.82, 2.24) is 10.2 Å². The minimum atomic E-state index is 0. The summed E-state index contributed by atoms with van der Waals surface area (Å²) in [6, 6.07) is 5.87. The van der Waals surface area contributed by atoms with Crippen LogP contribution in [0.15, 0.2) is 18.2 Å². The van der Waals surface area contributed by atoms with Crippen LogP contribution in [0.5, 0.6) is 11.5 Å². The van der Waals surface area contributed by atoms with E-state index in [4.69, 9.17) is 9.47 Å². The topological polar surface area (TPSA) is 50.8 Å². The van der Waals surface area contributed by atoms with Gasteiger partial charge in [0.25, 0.3) is 0 Å². The highest BCUT2D eigenvalue weighted by Crippen LogP contribution is 2.29. The SMILES string of the molecule is COc1ccc(CCC(=O)N2CC[C@@H]3CNC[C@@H]3CC2)cc1OC.Cl. The van der Waals surface area contributed by atoms with E-state index in [0.29, 0.717) is 6.42 Å². The van der Waals surface area contributed by atoms with Crippen LogP contribution < -0.4 is 14.8 Å². The molecule has 5 nitrogen and oxygen atoms in total. The fraction of sp³-hybridized carbons (Fsp3) is 0.632. The van der Waals surface area contributed by atoms with Gasteiger partial charge in [-0.2, -0.15) is 0 Å². The molecule has 0 saturated carbocycles. The molecule has 1 N–H and O–H groups in total. The van der Waals surface area contributed by atoms with Gasteiger partial charge in [-0.05, 0) is 61.9 Å². The standard InChI is InChI=1S/C19H28N2O3.ClH/c1-23-17-5-3-14(11-18(17)24-2)4-6-19(22)21-9-7-15-12-20-13-16(15)8-10-21;/h3,5,11,15-16,20H,4,6-10,12-13H2,1-2H3;1H/t15-,16+;. The summed E-state index contributed by atoms with van der Waals surface area (Å²) in [5.41, 5.74) is 1.11. The first kappa shape index (κ1) is 19.9. The third-order valence-electron chi connectivity index (χ3n) is 5.45. The highest BCUT2D eigenvalue weighted by molar-refractivity contribution is 5.85. The lowest BCUT2D eigenvalue weighted by Gasteiger charge is -2.21. The van der Waals surface area contributed by atoms with Crippen LogP contribution in [0.25, 0.3) is 0 Å². The molecule has 2 fully saturated rings. The predicted octanol–water partition coefficient (Wildman–Crippen LogP) is 2.52. The molecule has 0 aromatic heterocycles. The fourth-order valence-electron chi connectivity index (χ4n) is 3.91. The van der Waals surface area contributed by atoms with Crippen LogP contribution >= 0.6 is 12.4 Å². The summed E-state index contributed by atoms with van der Waals surface area (Å²) in [7, 11) is 3.26. The minimum absolute atomic E-state index is 0. The number of hydrogen-bond donors (Lipinski definition) is 1. The quantitative estimate of drug-likeness (QED) is 0.867. The maximum absolute atomic E-state index is 12.6. The normalized spacial score (nSPS) is 22.6. The first-order valence-electron chi connectivity index (χ1n) is 8.90. The van der Waals surface area contributed by atoms with Crippen LogP contribution in [0.3, 0.4) is 0 Å². The van der Waals surface area contributed by atoms with E-state index in [0.717, 1.165) is 74.3 Å². The van der Waals surface area contributed by atoms with Gasteiger partial charge in [-0.3, -0.25) is 4.79 Å². The van der Waals surface area contributed by atoms with Crippen molar-refractivity contribution >= 4 is 18.3 Å². The van der Waals surface area contributed by atoms with Crippen molar-refractivity contribution in [2.24, 2.45) is 11.8 Å². The number of rotatable bonds is 5. The zero-order valence-corrected chi connectivity index (χ0v) is 15.9. The van der Waals surface area contributed by atoms with Crippen molar-refractivity contribution in [3.8, 4) is 11.5 Å². The Bertz CT molecular complexity index is 568. The van der Waals surface area contributed by atoms with Gasteiger partial charge < -0.3 is 19.7 Å². The zero-order chi connectivity index (χ0) is 16.9. The monoisotopic (exact) mass is 368 g/mol. The van der Waals surface area contributed by atoms with E-state index in [1.165, 1.54) is 0 Å². The summed E-state index contributed by atoms with van der Waals surface area (Å²) in [5.74, 6) is 3.23. The van der Waals surface area contributed by atoms with Crippen molar-refractivity contribution in [3.63, 3.8) is 0 Å². The average molecular weight is 369 g/mol. The number of benzene rings is 1. The Labute approximate surface area is 156 Å². The van der Waals surface area contributed by atoms with E-state index in [9.17, 15) is 4.79 Å². The molecule has 6 heteroatoms. The van der Waals surface area contributed by atoms with Crippen molar-refractivity contribution in [2.45, 2.75) is 25.7 Å². The molecule has 1 aromatic carbocycles. The van der Waals surface area contributed by atoms with Crippen molar-refractivity contribution in [3.05, 3.63) is 23.8 Å². The summed E-state index contributed by atoms with van der Waals surface area (Å²) >= 11 is 0. The minimum Gasteiger partial charge on any atom is -0.493 e. The number of hydrogen-bond acceptors (Lipinski definition) is 4. The molecule has 0 unspecified atom stereocenters. The highest BCUT2D eigenvalue weighted by atomic mass is 35.5. The number of halogens is 1. The molecule has 0 aliphatic carbocycles. The third-order valence-corrected chi connectivity index (χ3v) is 5.45. The van der Waals surface area contributed by atoms with Gasteiger partial charge in [0.15, 0.2) is 11.5 Å². The zero-order valence-electron chi connectivity index (χ0n) is 15.1. The van der Waals surface area contributed by atoms with Crippen molar-refractivity contribution < 1.29 is 14.3 Å². The predicted molar refractivity (Wildman–Crippen MR) is 101 cm³/mol. The van der Waals surface area contributed by atoms with Gasteiger partial charge in [0.2, 0.25) is 5.91 Å². The number of fused-ring (bicyclic) bond motifs is 1. The second-order valence-electron chi connectivity index (χ2n) is 6.83. The highest BCUT2D eigenvalue weighted by Gasteiger charge is 2.31. The van der Waals surface area contributed by atoms with Crippen LogP contribution in [0.4, 0.5) is 0 Å². The molecule has 2 aliphatic rings. The van der Waals surface area contributed by atoms with Gasteiger partial charge in [0, 0.05) is 19.5 Å². The largest absolute Gasteiger partial charge is 0.493 e. The summed E-state index contributed by atoms with van der Waals surface area (Å²) in [6.45, 7) is 4.07. The molecule has 25 heavy (non-hydrogen) atoms. The first-order valence-corrected chi connectivity index (χ1v) is 8.90. The van der Waals surface area contributed by atoms with E-state index in [-0.39, 0.29) is 18.3 Å². The van der Waals surface area contributed by atoms with Crippen LogP contribution in [0.2, 0.25) is 0 Å². The molecule has 2 atom stereocenters. The van der Waals surface area contributed by atoms with Gasteiger partial charge in [-0.25, -0.2) is 0 Å². The van der Waals surface area contributed by atoms with E-state index >= 15 is 0 Å². The summed E-state index contributed by atoms with van der Waals surface area (Å²) in [6.07, 6.45) is 3.58. The van der Waals surface area contributed by atoms with E-state index in [1.807, 2.05) is 18.2 Å². The molecular weight excluding hydrogens is 340 g/mol. The number of carbonyl (C=O) groups excluding carboxylic acids is 1. The number of likely N-dealkylation sites (tertiary alicyclic amines) is 1. The van der Waals surface area contributed by atoms with Gasteiger partial charge in [0.05, 0.1) is 14.2 Å². The van der Waals surface area contributed by atoms with Gasteiger partial charge in [-0.1, -0.05) is 6.07 Å². The summed E-state index contributed by atoms with van der Waals surface area (Å²) in [5, 5.41) is 3.48. The maximum atomic E-state index is 12.6. The van der Waals surface area contributed by atoms with Gasteiger partial charge in [0.1, 0.15) is 0 Å². The molecule has 1 amide bonds. The molecule has 2 aliphatic heterocycles. The number of carbonyl (C=O) groups is 1. The molecule has 3 rings (SSSR count). The fourth-order valence-corrected chi connectivity index (χ4v) is 3.91. The molecule has 0 spiro atoms. The lowest BCUT2D eigenvalue weighted by atomic mass is 9.92. The lowest BCUT2D eigenvalue weighted by Crippen LogP contribution is -2.32. The lowest BCUT2D eigenvalue weighted by molar-refractivity contribution is -0.131. The smallest absolute Gasteiger partial charge is 0.222 e. The Morgan fingerprint density at radius 2 is 1.76 bits per heavy atom. The molecule has 0 radical (unpaired) electrons. The number of ether oxygens (including phenoxy) is 2. The number of nitrogens with zero attached hydrogens (tertiary/aromatic N) is 1. The number of amides is 1. The molecule has 140 valence electrons. The number of nitrogens with one attached hydrogen (secondary N) is 1. The second kappa shape index (κ2) is 9.30. The Morgan fingerprint density at radius 3 is 2.36 bits per heavy atom. The molecule has 2 heterocycles. The first-order chi connectivity index (χ1) is 11.7. The van der Waals surface area contributed by atoms with E-state index < -0.39 is 0 Å². The summed E-state index contributed by atoms with van der Waals surface area (Å²) in [4.78, 5) is 14.6. The maximum Gasteiger partial charge on any atom is 0.222 e. The van der Waals surface area contributed by atoms with E-state index in [1.54, 1.807) is 14.2 Å². The Kier molecular flexibility index (Phi) is 7.38. The van der Waals surface area contributed by atoms with Gasteiger partial charge >= 0.3 is 0 Å². The number of methoxy groups -OCH3 is 2. The second-order valence-corrected chi connectivity index (χ2v) is 6.83. The average Bonchev–Trinajstić information content (AvgIpc) is 2.97. The van der Waals surface area contributed by atoms with Gasteiger partial charge in [-0.15, -0.1) is 12.4 Å². The third kappa shape index (κ3) is 4.79. The van der Waals surface area contributed by atoms with Crippen LogP contribution in [-0.2, 0) is 11.2 Å². The Hall–Kier alpha value is -1.46. The molecule has 0 bridgehead atoms. The van der Waals surface area contributed by atoms with Crippen LogP contribution in [-0.4, -0.2) is 51.2 Å². The molecular formula is C19H29ClN2O3. The van der Waals surface area contributed by atoms with Crippen molar-refractivity contribution in [2.75, 3.05) is 40.4 Å². The van der Waals surface area contributed by atoms with Crippen molar-refractivity contribution in [1.29, 1.82) is 0 Å². The Morgan fingerprint density at radius 1 is 1.12 bits per heavy atom. The molecule has 2 saturated heterocycles. The Balaban J connectivity index is 0.00000225. The van der Waals surface area contributed by atoms with Crippen LogP contribution in [0, 0.1) is 11.8 Å². The van der Waals surface area contributed by atoms with Crippen LogP contribution in [0.1, 0.15) is 24.8 Å². The molecule has 1 aromatic rings. The number of aryl methyl sites for hydroxylation is 1. The van der Waals surface area contributed by atoms with E-state index in [2.05, 4.69) is 10.2 Å². The summed E-state index contributed by atoms with van der Waals surface area (Å²) < 4.78 is 10.6.